The standard InChI is InChI=1S/C23H32Si/c1-3-24(4-2,18-12-6-5-7-13-18)23-21-16-10-8-14-19(21)20-15-9-11-17-22(20)23/h5-8,10,12-14,16,19-23H,3-4,9,11,15,17H2,1-2H3. The minimum atomic E-state index is -1.49. The maximum atomic E-state index is 2.60. The van der Waals surface area contributed by atoms with Crippen molar-refractivity contribution < 1.29 is 0 Å². The van der Waals surface area contributed by atoms with Crippen LogP contribution in [0.2, 0.25) is 17.6 Å². The van der Waals surface area contributed by atoms with Gasteiger partial charge < -0.3 is 0 Å². The Morgan fingerprint density at radius 2 is 1.46 bits per heavy atom. The molecule has 4 rings (SSSR count). The molecule has 24 heavy (non-hydrogen) atoms. The highest BCUT2D eigenvalue weighted by molar-refractivity contribution is 6.93. The number of allylic oxidation sites excluding steroid dienone is 4. The second-order valence-corrected chi connectivity index (χ2v) is 13.3. The van der Waals surface area contributed by atoms with E-state index in [0.29, 0.717) is 0 Å². The van der Waals surface area contributed by atoms with Crippen molar-refractivity contribution in [3.8, 4) is 0 Å². The van der Waals surface area contributed by atoms with Gasteiger partial charge in [-0.2, -0.15) is 0 Å². The Morgan fingerprint density at radius 1 is 0.833 bits per heavy atom. The van der Waals surface area contributed by atoms with Gasteiger partial charge in [-0.3, -0.25) is 0 Å². The molecule has 0 aromatic heterocycles. The Morgan fingerprint density at radius 3 is 2.12 bits per heavy atom. The molecule has 5 unspecified atom stereocenters. The third kappa shape index (κ3) is 2.39. The van der Waals surface area contributed by atoms with E-state index in [0.717, 1.165) is 29.2 Å². The molecule has 3 aliphatic carbocycles. The van der Waals surface area contributed by atoms with E-state index in [4.69, 9.17) is 0 Å². The van der Waals surface area contributed by atoms with Gasteiger partial charge in [-0.05, 0) is 35.6 Å². The molecule has 5 atom stereocenters. The highest BCUT2D eigenvalue weighted by atomic mass is 28.3. The smallest absolute Gasteiger partial charge is 0.0808 e. The van der Waals surface area contributed by atoms with Crippen LogP contribution < -0.4 is 5.19 Å². The Labute approximate surface area is 149 Å². The summed E-state index contributed by atoms with van der Waals surface area (Å²) in [6, 6.07) is 14.5. The molecular weight excluding hydrogens is 304 g/mol. The summed E-state index contributed by atoms with van der Waals surface area (Å²) in [5.41, 5.74) is 0.950. The van der Waals surface area contributed by atoms with Crippen LogP contribution in [0.5, 0.6) is 0 Å². The zero-order chi connectivity index (χ0) is 16.6. The van der Waals surface area contributed by atoms with E-state index >= 15 is 0 Å². The average Bonchev–Trinajstić information content (AvgIpc) is 3.00. The summed E-state index contributed by atoms with van der Waals surface area (Å²) in [6.45, 7) is 4.99. The monoisotopic (exact) mass is 336 g/mol. The molecule has 0 nitrogen and oxygen atoms in total. The van der Waals surface area contributed by atoms with Crippen molar-refractivity contribution in [3.63, 3.8) is 0 Å². The fraction of sp³-hybridized carbons (Fsp3) is 0.565. The van der Waals surface area contributed by atoms with Crippen LogP contribution in [0.3, 0.4) is 0 Å². The van der Waals surface area contributed by atoms with E-state index < -0.39 is 8.07 Å². The SMILES string of the molecule is CC[Si](CC)(c1ccccc1)C1C2C=CC=CC2C2CCCCC21. The van der Waals surface area contributed by atoms with Crippen LogP contribution in [-0.2, 0) is 0 Å². The van der Waals surface area contributed by atoms with Crippen molar-refractivity contribution in [3.05, 3.63) is 54.6 Å². The Balaban J connectivity index is 1.81. The first-order chi connectivity index (χ1) is 11.8. The molecule has 2 saturated carbocycles. The summed E-state index contributed by atoms with van der Waals surface area (Å²) < 4.78 is 0. The van der Waals surface area contributed by atoms with Gasteiger partial charge in [0.1, 0.15) is 0 Å². The quantitative estimate of drug-likeness (QED) is 0.598. The van der Waals surface area contributed by atoms with Crippen LogP contribution in [0.4, 0.5) is 0 Å². The van der Waals surface area contributed by atoms with Gasteiger partial charge in [-0.1, -0.05) is 105 Å². The van der Waals surface area contributed by atoms with Crippen LogP contribution in [0.25, 0.3) is 0 Å². The van der Waals surface area contributed by atoms with Crippen molar-refractivity contribution in [2.45, 2.75) is 57.2 Å². The van der Waals surface area contributed by atoms with Gasteiger partial charge in [0.2, 0.25) is 0 Å². The van der Waals surface area contributed by atoms with Crippen LogP contribution in [0.15, 0.2) is 54.6 Å². The van der Waals surface area contributed by atoms with E-state index in [2.05, 4.69) is 68.5 Å². The molecule has 2 fully saturated rings. The molecule has 0 saturated heterocycles. The van der Waals surface area contributed by atoms with E-state index in [9.17, 15) is 0 Å². The van der Waals surface area contributed by atoms with E-state index in [1.54, 1.807) is 5.19 Å². The zero-order valence-corrected chi connectivity index (χ0v) is 16.3. The van der Waals surface area contributed by atoms with Gasteiger partial charge in [0.25, 0.3) is 0 Å². The normalized spacial score (nSPS) is 34.8. The summed E-state index contributed by atoms with van der Waals surface area (Å²) in [5.74, 6) is 3.59. The molecule has 0 aliphatic heterocycles. The molecular formula is C23H32Si. The second-order valence-electron chi connectivity index (χ2n) is 8.29. The Kier molecular flexibility index (Phi) is 4.55. The van der Waals surface area contributed by atoms with Gasteiger partial charge in [-0.15, -0.1) is 0 Å². The largest absolute Gasteiger partial charge is 0.0901 e. The highest BCUT2D eigenvalue weighted by Gasteiger charge is 2.57. The van der Waals surface area contributed by atoms with Gasteiger partial charge in [-0.25, -0.2) is 0 Å². The Bertz CT molecular complexity index is 610. The molecule has 128 valence electrons. The third-order valence-electron chi connectivity index (χ3n) is 7.72. The third-order valence-corrected chi connectivity index (χ3v) is 13.8. The van der Waals surface area contributed by atoms with Crippen LogP contribution in [0, 0.1) is 23.7 Å². The number of hydrogen-bond donors (Lipinski definition) is 0. The Hall–Kier alpha value is -1.08. The summed E-state index contributed by atoms with van der Waals surface area (Å²) in [6.07, 6.45) is 15.8. The molecule has 1 heteroatoms. The summed E-state index contributed by atoms with van der Waals surface area (Å²) in [7, 11) is -1.49. The molecule has 0 amide bonds. The first-order valence-electron chi connectivity index (χ1n) is 10.2. The lowest BCUT2D eigenvalue weighted by molar-refractivity contribution is 0.247. The number of fused-ring (bicyclic) bond motifs is 3. The van der Waals surface area contributed by atoms with Gasteiger partial charge in [0.15, 0.2) is 0 Å². The first-order valence-corrected chi connectivity index (χ1v) is 12.7. The number of hydrogen-bond acceptors (Lipinski definition) is 0. The molecule has 0 N–H and O–H groups in total. The maximum Gasteiger partial charge on any atom is 0.0901 e. The lowest BCUT2D eigenvalue weighted by Crippen LogP contribution is -2.53. The highest BCUT2D eigenvalue weighted by Crippen LogP contribution is 2.61. The first kappa shape index (κ1) is 16.4. The number of rotatable bonds is 4. The van der Waals surface area contributed by atoms with E-state index in [-0.39, 0.29) is 0 Å². The fourth-order valence-electron chi connectivity index (χ4n) is 6.70. The van der Waals surface area contributed by atoms with Crippen molar-refractivity contribution >= 4 is 13.3 Å². The second kappa shape index (κ2) is 6.67. The van der Waals surface area contributed by atoms with Crippen molar-refractivity contribution in [2.75, 3.05) is 0 Å². The predicted octanol–water partition coefficient (Wildman–Crippen LogP) is 5.93. The predicted molar refractivity (Wildman–Crippen MR) is 107 cm³/mol. The molecule has 1 aromatic carbocycles. The van der Waals surface area contributed by atoms with Crippen molar-refractivity contribution in [1.82, 2.24) is 0 Å². The fourth-order valence-corrected chi connectivity index (χ4v) is 12.5. The average molecular weight is 337 g/mol. The topological polar surface area (TPSA) is 0 Å². The minimum Gasteiger partial charge on any atom is -0.0808 e. The van der Waals surface area contributed by atoms with Crippen LogP contribution in [-0.4, -0.2) is 8.07 Å². The summed E-state index contributed by atoms with van der Waals surface area (Å²) in [5, 5.41) is 1.73. The van der Waals surface area contributed by atoms with Gasteiger partial charge in [0.05, 0.1) is 8.07 Å². The molecule has 0 radical (unpaired) electrons. The van der Waals surface area contributed by atoms with Crippen LogP contribution >= 0.6 is 0 Å². The molecule has 1 aromatic rings. The van der Waals surface area contributed by atoms with Crippen LogP contribution in [0.1, 0.15) is 39.5 Å². The van der Waals surface area contributed by atoms with Gasteiger partial charge >= 0.3 is 0 Å². The molecule has 3 aliphatic rings. The van der Waals surface area contributed by atoms with Crippen molar-refractivity contribution in [1.29, 1.82) is 0 Å². The minimum absolute atomic E-state index is 0.815. The van der Waals surface area contributed by atoms with Crippen molar-refractivity contribution in [2.24, 2.45) is 23.7 Å². The lowest BCUT2D eigenvalue weighted by atomic mass is 9.77. The molecule has 0 spiro atoms. The number of benzene rings is 1. The summed E-state index contributed by atoms with van der Waals surface area (Å²) >= 11 is 0. The van der Waals surface area contributed by atoms with E-state index in [1.807, 2.05) is 0 Å². The zero-order valence-electron chi connectivity index (χ0n) is 15.3. The van der Waals surface area contributed by atoms with Gasteiger partial charge in [0, 0.05) is 0 Å². The summed E-state index contributed by atoms with van der Waals surface area (Å²) in [4.78, 5) is 0. The van der Waals surface area contributed by atoms with E-state index in [1.165, 1.54) is 37.8 Å². The molecule has 0 heterocycles. The maximum absolute atomic E-state index is 2.60. The molecule has 0 bridgehead atoms. The lowest BCUT2D eigenvalue weighted by Gasteiger charge is -2.43.